The molecular formula is C18H18N4O2S. The highest BCUT2D eigenvalue weighted by Gasteiger charge is 2.26. The fraction of sp³-hybridized carbons (Fsp3) is 0.333. The SMILES string of the molecule is CC(C)c1csc(C(C#N)C(=O)c2ccc3c(c2)n(C)c(=O)n3C)n1. The quantitative estimate of drug-likeness (QED) is 0.675. The van der Waals surface area contributed by atoms with Gasteiger partial charge >= 0.3 is 5.69 Å². The average molecular weight is 354 g/mol. The Morgan fingerprint density at radius 1 is 1.24 bits per heavy atom. The molecule has 7 heteroatoms. The van der Waals surface area contributed by atoms with E-state index in [1.54, 1.807) is 32.3 Å². The van der Waals surface area contributed by atoms with Crippen LogP contribution in [0.5, 0.6) is 0 Å². The van der Waals surface area contributed by atoms with Crippen molar-refractivity contribution < 1.29 is 4.79 Å². The summed E-state index contributed by atoms with van der Waals surface area (Å²) in [5, 5.41) is 11.9. The average Bonchev–Trinajstić information content (AvgIpc) is 3.16. The van der Waals surface area contributed by atoms with Gasteiger partial charge in [0.1, 0.15) is 5.01 Å². The third kappa shape index (κ3) is 2.79. The summed E-state index contributed by atoms with van der Waals surface area (Å²) in [6.07, 6.45) is 0. The van der Waals surface area contributed by atoms with Gasteiger partial charge in [0, 0.05) is 25.0 Å². The normalized spacial score (nSPS) is 12.5. The molecule has 25 heavy (non-hydrogen) atoms. The maximum Gasteiger partial charge on any atom is 0.328 e. The number of hydrogen-bond donors (Lipinski definition) is 0. The molecule has 0 bridgehead atoms. The molecule has 6 nitrogen and oxygen atoms in total. The second-order valence-electron chi connectivity index (χ2n) is 6.30. The number of fused-ring (bicyclic) bond motifs is 1. The molecule has 0 amide bonds. The van der Waals surface area contributed by atoms with E-state index in [9.17, 15) is 14.9 Å². The molecule has 3 rings (SSSR count). The minimum Gasteiger partial charge on any atom is -0.295 e. The van der Waals surface area contributed by atoms with Crippen LogP contribution in [0.1, 0.15) is 46.7 Å². The largest absolute Gasteiger partial charge is 0.328 e. The van der Waals surface area contributed by atoms with Crippen molar-refractivity contribution in [1.29, 1.82) is 5.26 Å². The van der Waals surface area contributed by atoms with E-state index in [0.717, 1.165) is 11.2 Å². The number of carbonyl (C=O) groups is 1. The predicted molar refractivity (Wildman–Crippen MR) is 97.0 cm³/mol. The van der Waals surface area contributed by atoms with Gasteiger partial charge in [-0.2, -0.15) is 5.26 Å². The van der Waals surface area contributed by atoms with Gasteiger partial charge in [-0.25, -0.2) is 9.78 Å². The number of carbonyl (C=O) groups excluding carboxylic acids is 1. The van der Waals surface area contributed by atoms with E-state index in [1.165, 1.54) is 20.5 Å². The van der Waals surface area contributed by atoms with Gasteiger partial charge in [-0.05, 0) is 24.1 Å². The second kappa shape index (κ2) is 6.30. The monoisotopic (exact) mass is 354 g/mol. The Balaban J connectivity index is 2.03. The molecule has 0 radical (unpaired) electrons. The topological polar surface area (TPSA) is 80.7 Å². The number of aromatic nitrogens is 3. The lowest BCUT2D eigenvalue weighted by molar-refractivity contribution is 0.0979. The fourth-order valence-corrected chi connectivity index (χ4v) is 3.77. The molecule has 128 valence electrons. The van der Waals surface area contributed by atoms with Gasteiger partial charge in [0.05, 0.1) is 22.8 Å². The number of nitriles is 1. The molecule has 0 aliphatic heterocycles. The van der Waals surface area contributed by atoms with E-state index in [-0.39, 0.29) is 17.4 Å². The number of Topliss-reactive ketones (excluding diaryl/α,β-unsaturated/α-hetero) is 1. The zero-order valence-electron chi connectivity index (χ0n) is 14.5. The van der Waals surface area contributed by atoms with Crippen LogP contribution in [0.2, 0.25) is 0 Å². The van der Waals surface area contributed by atoms with E-state index in [1.807, 2.05) is 19.2 Å². The third-order valence-corrected chi connectivity index (χ3v) is 5.25. The molecule has 0 saturated carbocycles. The molecule has 2 aromatic heterocycles. The lowest BCUT2D eigenvalue weighted by Crippen LogP contribution is -2.19. The highest BCUT2D eigenvalue weighted by Crippen LogP contribution is 2.27. The van der Waals surface area contributed by atoms with E-state index in [2.05, 4.69) is 11.1 Å². The summed E-state index contributed by atoms with van der Waals surface area (Å²) in [6, 6.07) is 7.13. The summed E-state index contributed by atoms with van der Waals surface area (Å²) in [4.78, 5) is 29.3. The van der Waals surface area contributed by atoms with Crippen molar-refractivity contribution in [3.8, 4) is 6.07 Å². The van der Waals surface area contributed by atoms with Crippen LogP contribution in [0.25, 0.3) is 11.0 Å². The number of rotatable bonds is 4. The highest BCUT2D eigenvalue weighted by atomic mass is 32.1. The second-order valence-corrected chi connectivity index (χ2v) is 7.19. The summed E-state index contributed by atoms with van der Waals surface area (Å²) in [5.74, 6) is -0.990. The van der Waals surface area contributed by atoms with Crippen LogP contribution in [0.3, 0.4) is 0 Å². The summed E-state index contributed by atoms with van der Waals surface area (Å²) in [5.41, 5.74) is 2.54. The Morgan fingerprint density at radius 2 is 1.92 bits per heavy atom. The van der Waals surface area contributed by atoms with Gasteiger partial charge in [-0.1, -0.05) is 13.8 Å². The first-order valence-electron chi connectivity index (χ1n) is 7.89. The molecule has 1 unspecified atom stereocenters. The minimum absolute atomic E-state index is 0.155. The molecule has 1 atom stereocenters. The number of ketones is 1. The minimum atomic E-state index is -0.935. The standard InChI is InChI=1S/C18H18N4O2S/c1-10(2)13-9-25-17(20-13)12(8-19)16(23)11-5-6-14-15(7-11)22(4)18(24)21(14)3/h5-7,9-10,12H,1-4H3. The van der Waals surface area contributed by atoms with E-state index < -0.39 is 5.92 Å². The van der Waals surface area contributed by atoms with Crippen LogP contribution < -0.4 is 5.69 Å². The molecule has 0 spiro atoms. The van der Waals surface area contributed by atoms with Crippen LogP contribution >= 0.6 is 11.3 Å². The van der Waals surface area contributed by atoms with Crippen molar-refractivity contribution in [2.45, 2.75) is 25.7 Å². The molecule has 3 aromatic rings. The highest BCUT2D eigenvalue weighted by molar-refractivity contribution is 7.10. The van der Waals surface area contributed by atoms with Crippen molar-refractivity contribution in [2.75, 3.05) is 0 Å². The summed E-state index contributed by atoms with van der Waals surface area (Å²) < 4.78 is 3.02. The summed E-state index contributed by atoms with van der Waals surface area (Å²) in [6.45, 7) is 4.04. The van der Waals surface area contributed by atoms with Gasteiger partial charge in [0.2, 0.25) is 0 Å². The fourth-order valence-electron chi connectivity index (χ4n) is 2.75. The molecule has 0 fully saturated rings. The van der Waals surface area contributed by atoms with Crippen molar-refractivity contribution in [3.63, 3.8) is 0 Å². The number of imidazole rings is 1. The Labute approximate surface area is 149 Å². The zero-order chi connectivity index (χ0) is 18.3. The van der Waals surface area contributed by atoms with E-state index in [0.29, 0.717) is 16.1 Å². The summed E-state index contributed by atoms with van der Waals surface area (Å²) >= 11 is 1.33. The number of benzene rings is 1. The molecule has 2 heterocycles. The molecule has 0 aliphatic rings. The first-order valence-corrected chi connectivity index (χ1v) is 8.77. The van der Waals surface area contributed by atoms with Gasteiger partial charge < -0.3 is 0 Å². The van der Waals surface area contributed by atoms with E-state index >= 15 is 0 Å². The van der Waals surface area contributed by atoms with Gasteiger partial charge in [-0.3, -0.25) is 13.9 Å². The van der Waals surface area contributed by atoms with E-state index in [4.69, 9.17) is 0 Å². The number of nitrogens with zero attached hydrogens (tertiary/aromatic N) is 4. The van der Waals surface area contributed by atoms with Crippen molar-refractivity contribution in [1.82, 2.24) is 14.1 Å². The Kier molecular flexibility index (Phi) is 4.31. The van der Waals surface area contributed by atoms with Crippen LogP contribution in [0.4, 0.5) is 0 Å². The maximum absolute atomic E-state index is 12.9. The van der Waals surface area contributed by atoms with Gasteiger partial charge in [0.25, 0.3) is 0 Å². The lowest BCUT2D eigenvalue weighted by Gasteiger charge is -2.06. The molecule has 0 saturated heterocycles. The maximum atomic E-state index is 12.9. The Hall–Kier alpha value is -2.72. The Morgan fingerprint density at radius 3 is 2.52 bits per heavy atom. The number of aryl methyl sites for hydroxylation is 2. The lowest BCUT2D eigenvalue weighted by atomic mass is 9.99. The molecular weight excluding hydrogens is 336 g/mol. The van der Waals surface area contributed by atoms with Crippen LogP contribution in [0, 0.1) is 11.3 Å². The van der Waals surface area contributed by atoms with Crippen LogP contribution in [-0.4, -0.2) is 19.9 Å². The van der Waals surface area contributed by atoms with Gasteiger partial charge in [0.15, 0.2) is 11.7 Å². The third-order valence-electron chi connectivity index (χ3n) is 4.33. The number of hydrogen-bond acceptors (Lipinski definition) is 5. The van der Waals surface area contributed by atoms with Crippen LogP contribution in [0.15, 0.2) is 28.4 Å². The smallest absolute Gasteiger partial charge is 0.295 e. The first-order chi connectivity index (χ1) is 11.8. The zero-order valence-corrected chi connectivity index (χ0v) is 15.3. The summed E-state index contributed by atoms with van der Waals surface area (Å²) in [7, 11) is 3.35. The Bertz CT molecular complexity index is 1070. The molecule has 1 aromatic carbocycles. The predicted octanol–water partition coefficient (Wildman–Crippen LogP) is 2.95. The van der Waals surface area contributed by atoms with Crippen LogP contribution in [-0.2, 0) is 14.1 Å². The van der Waals surface area contributed by atoms with Crippen molar-refractivity contribution >= 4 is 28.2 Å². The van der Waals surface area contributed by atoms with Crippen molar-refractivity contribution in [2.24, 2.45) is 14.1 Å². The van der Waals surface area contributed by atoms with Gasteiger partial charge in [-0.15, -0.1) is 11.3 Å². The first kappa shape index (κ1) is 17.1. The van der Waals surface area contributed by atoms with Crippen molar-refractivity contribution in [3.05, 3.63) is 50.3 Å². The number of thiazole rings is 1. The molecule has 0 aliphatic carbocycles. The molecule has 0 N–H and O–H groups in total.